The van der Waals surface area contributed by atoms with Gasteiger partial charge in [0, 0.05) is 11.1 Å². The predicted octanol–water partition coefficient (Wildman–Crippen LogP) is 5.33. The Kier molecular flexibility index (Phi) is 4.63. The summed E-state index contributed by atoms with van der Waals surface area (Å²) in [5, 5.41) is 26.1. The molecule has 0 unspecified atom stereocenters. The first-order chi connectivity index (χ1) is 16.2. The molecule has 0 radical (unpaired) electrons. The number of hydrogen-bond donors (Lipinski definition) is 2. The molecular weight excluding hydrogens is 403 g/mol. The molecule has 33 heavy (non-hydrogen) atoms. The van der Waals surface area contributed by atoms with Gasteiger partial charge in [0.05, 0.1) is 0 Å². The monoisotopic (exact) mass is 422 g/mol. The van der Waals surface area contributed by atoms with Gasteiger partial charge < -0.3 is 10.0 Å². The normalized spacial score (nSPS) is 11.1. The third kappa shape index (κ3) is 3.43. The molecule has 6 rings (SSSR count). The van der Waals surface area contributed by atoms with E-state index in [1.807, 2.05) is 36.4 Å². The van der Waals surface area contributed by atoms with Gasteiger partial charge in [-0.2, -0.15) is 0 Å². The Morgan fingerprint density at radius 2 is 1.09 bits per heavy atom. The van der Waals surface area contributed by atoms with Crippen molar-refractivity contribution in [2.75, 3.05) is 0 Å². The Labute approximate surface area is 192 Å². The summed E-state index contributed by atoms with van der Waals surface area (Å²) in [6, 6.07) is 34.8. The standard InChI is InChI=1S/C30H19BO2/c32-31(33)27-17-14-22(15-18-27)21-7-4-20(5-8-21)6-9-23-10-11-26-13-12-24-2-1-3-25-16-19-28(23)30(26)29(24)25/h1-5,7-8,10-19,32-33H. The predicted molar refractivity (Wildman–Crippen MR) is 138 cm³/mol. The fourth-order valence-electron chi connectivity index (χ4n) is 4.58. The maximum absolute atomic E-state index is 9.26. The van der Waals surface area contributed by atoms with Gasteiger partial charge in [-0.05, 0) is 67.1 Å². The van der Waals surface area contributed by atoms with E-state index in [2.05, 4.69) is 66.4 Å². The molecule has 6 aromatic carbocycles. The van der Waals surface area contributed by atoms with Crippen molar-refractivity contribution in [2.24, 2.45) is 0 Å². The Bertz CT molecular complexity index is 1660. The van der Waals surface area contributed by atoms with Crippen LogP contribution in [0.3, 0.4) is 0 Å². The molecule has 0 atom stereocenters. The van der Waals surface area contributed by atoms with Crippen molar-refractivity contribution in [2.45, 2.75) is 0 Å². The average Bonchev–Trinajstić information content (AvgIpc) is 2.87. The van der Waals surface area contributed by atoms with Crippen LogP contribution >= 0.6 is 0 Å². The zero-order valence-electron chi connectivity index (χ0n) is 17.8. The van der Waals surface area contributed by atoms with Crippen molar-refractivity contribution in [1.82, 2.24) is 0 Å². The zero-order chi connectivity index (χ0) is 22.4. The third-order valence-corrected chi connectivity index (χ3v) is 6.30. The van der Waals surface area contributed by atoms with Gasteiger partial charge in [0.15, 0.2) is 0 Å². The maximum atomic E-state index is 9.26. The lowest BCUT2D eigenvalue weighted by Crippen LogP contribution is -2.29. The summed E-state index contributed by atoms with van der Waals surface area (Å²) in [6.45, 7) is 0. The molecule has 0 spiro atoms. The average molecular weight is 422 g/mol. The lowest BCUT2D eigenvalue weighted by Gasteiger charge is -2.11. The number of hydrogen-bond acceptors (Lipinski definition) is 2. The van der Waals surface area contributed by atoms with E-state index in [1.165, 1.54) is 32.3 Å². The molecule has 0 heterocycles. The van der Waals surface area contributed by atoms with Crippen LogP contribution in [0.15, 0.2) is 103 Å². The summed E-state index contributed by atoms with van der Waals surface area (Å²) < 4.78 is 0. The van der Waals surface area contributed by atoms with Gasteiger partial charge in [-0.15, -0.1) is 0 Å². The van der Waals surface area contributed by atoms with E-state index in [0.717, 1.165) is 22.3 Å². The lowest BCUT2D eigenvalue weighted by molar-refractivity contribution is 0.426. The summed E-state index contributed by atoms with van der Waals surface area (Å²) in [6.07, 6.45) is 0. The van der Waals surface area contributed by atoms with E-state index in [4.69, 9.17) is 0 Å². The summed E-state index contributed by atoms with van der Waals surface area (Å²) in [7, 11) is -1.45. The quantitative estimate of drug-likeness (QED) is 0.225. The summed E-state index contributed by atoms with van der Waals surface area (Å²) >= 11 is 0. The Balaban J connectivity index is 1.37. The van der Waals surface area contributed by atoms with E-state index >= 15 is 0 Å². The van der Waals surface area contributed by atoms with Crippen LogP contribution in [0.5, 0.6) is 0 Å². The molecule has 0 aliphatic carbocycles. The molecule has 0 amide bonds. The summed E-state index contributed by atoms with van der Waals surface area (Å²) in [5.74, 6) is 6.71. The highest BCUT2D eigenvalue weighted by Crippen LogP contribution is 2.35. The second kappa shape index (κ2) is 7.80. The molecular formula is C30H19BO2. The van der Waals surface area contributed by atoms with Gasteiger partial charge in [0.1, 0.15) is 0 Å². The highest BCUT2D eigenvalue weighted by Gasteiger charge is 2.11. The molecule has 6 aromatic rings. The Morgan fingerprint density at radius 3 is 1.76 bits per heavy atom. The molecule has 0 saturated heterocycles. The molecule has 3 heteroatoms. The first kappa shape index (κ1) is 19.6. The van der Waals surface area contributed by atoms with Gasteiger partial charge in [0.2, 0.25) is 0 Å². The van der Waals surface area contributed by atoms with Gasteiger partial charge >= 0.3 is 7.12 Å². The van der Waals surface area contributed by atoms with Crippen LogP contribution in [0, 0.1) is 11.8 Å². The van der Waals surface area contributed by atoms with Crippen LogP contribution in [0.25, 0.3) is 43.4 Å². The van der Waals surface area contributed by atoms with E-state index in [9.17, 15) is 10.0 Å². The largest absolute Gasteiger partial charge is 0.488 e. The van der Waals surface area contributed by atoms with Crippen LogP contribution in [-0.2, 0) is 0 Å². The van der Waals surface area contributed by atoms with Crippen LogP contribution < -0.4 is 5.46 Å². The molecule has 0 aliphatic rings. The minimum absolute atomic E-state index is 0.481. The van der Waals surface area contributed by atoms with E-state index in [1.54, 1.807) is 12.1 Å². The van der Waals surface area contributed by atoms with Crippen molar-refractivity contribution in [3.8, 4) is 23.0 Å². The van der Waals surface area contributed by atoms with Crippen molar-refractivity contribution in [3.63, 3.8) is 0 Å². The molecule has 0 bridgehead atoms. The lowest BCUT2D eigenvalue weighted by atomic mass is 9.80. The molecule has 2 N–H and O–H groups in total. The second-order valence-corrected chi connectivity index (χ2v) is 8.29. The van der Waals surface area contributed by atoms with Crippen LogP contribution in [-0.4, -0.2) is 17.2 Å². The van der Waals surface area contributed by atoms with Gasteiger partial charge in [-0.1, -0.05) is 96.8 Å². The van der Waals surface area contributed by atoms with Crippen LogP contribution in [0.4, 0.5) is 0 Å². The molecule has 0 aliphatic heterocycles. The molecule has 0 fully saturated rings. The van der Waals surface area contributed by atoms with E-state index in [0.29, 0.717) is 5.46 Å². The molecule has 0 saturated carbocycles. The smallest absolute Gasteiger partial charge is 0.423 e. The molecule has 154 valence electrons. The van der Waals surface area contributed by atoms with Crippen molar-refractivity contribution in [1.29, 1.82) is 0 Å². The third-order valence-electron chi connectivity index (χ3n) is 6.30. The first-order valence-electron chi connectivity index (χ1n) is 10.9. The Morgan fingerprint density at radius 1 is 0.515 bits per heavy atom. The summed E-state index contributed by atoms with van der Waals surface area (Å²) in [5.41, 5.74) is 4.54. The molecule has 2 nitrogen and oxygen atoms in total. The zero-order valence-corrected chi connectivity index (χ0v) is 17.8. The van der Waals surface area contributed by atoms with Gasteiger partial charge in [-0.25, -0.2) is 0 Å². The van der Waals surface area contributed by atoms with E-state index < -0.39 is 7.12 Å². The van der Waals surface area contributed by atoms with Crippen molar-refractivity contribution >= 4 is 44.9 Å². The summed E-state index contributed by atoms with van der Waals surface area (Å²) in [4.78, 5) is 0. The fourth-order valence-corrected chi connectivity index (χ4v) is 4.58. The topological polar surface area (TPSA) is 40.5 Å². The fraction of sp³-hybridized carbons (Fsp3) is 0. The first-order valence-corrected chi connectivity index (χ1v) is 10.9. The van der Waals surface area contributed by atoms with Crippen molar-refractivity contribution < 1.29 is 10.0 Å². The van der Waals surface area contributed by atoms with Crippen molar-refractivity contribution in [3.05, 3.63) is 114 Å². The second-order valence-electron chi connectivity index (χ2n) is 8.29. The number of rotatable bonds is 2. The Hall–Kier alpha value is -4.10. The van der Waals surface area contributed by atoms with Crippen LogP contribution in [0.1, 0.15) is 11.1 Å². The SMILES string of the molecule is OB(O)c1ccc(-c2ccc(C#Cc3ccc4ccc5cccc6ccc3c4c56)cc2)cc1. The highest BCUT2D eigenvalue weighted by atomic mass is 16.4. The molecule has 0 aromatic heterocycles. The van der Waals surface area contributed by atoms with Gasteiger partial charge in [-0.3, -0.25) is 0 Å². The van der Waals surface area contributed by atoms with Crippen LogP contribution in [0.2, 0.25) is 0 Å². The highest BCUT2D eigenvalue weighted by molar-refractivity contribution is 6.58. The number of benzene rings is 6. The minimum atomic E-state index is -1.45. The minimum Gasteiger partial charge on any atom is -0.423 e. The van der Waals surface area contributed by atoms with Gasteiger partial charge in [0.25, 0.3) is 0 Å². The van der Waals surface area contributed by atoms with E-state index in [-0.39, 0.29) is 0 Å². The maximum Gasteiger partial charge on any atom is 0.488 e.